The predicted octanol–water partition coefficient (Wildman–Crippen LogP) is 5.71. The lowest BCUT2D eigenvalue weighted by molar-refractivity contribution is -0.143. The summed E-state index contributed by atoms with van der Waals surface area (Å²) in [5, 5.41) is 12.3. The van der Waals surface area contributed by atoms with Crippen LogP contribution in [0.2, 0.25) is 0 Å². The van der Waals surface area contributed by atoms with E-state index < -0.39 is 17.2 Å². The minimum absolute atomic E-state index is 0.136. The van der Waals surface area contributed by atoms with Gasteiger partial charge >= 0.3 is 5.97 Å². The second-order valence-electron chi connectivity index (χ2n) is 9.18. The van der Waals surface area contributed by atoms with E-state index in [1.165, 1.54) is 11.6 Å². The van der Waals surface area contributed by atoms with Gasteiger partial charge in [-0.05, 0) is 73.3 Å². The Balaban J connectivity index is 1.56. The van der Waals surface area contributed by atoms with Gasteiger partial charge in [-0.25, -0.2) is 4.39 Å². The molecule has 1 amide bonds. The van der Waals surface area contributed by atoms with Gasteiger partial charge in [-0.3, -0.25) is 9.59 Å². The molecular formula is C26H30FNO3. The third kappa shape index (κ3) is 4.65. The Morgan fingerprint density at radius 1 is 1.10 bits per heavy atom. The molecule has 0 heterocycles. The first kappa shape index (κ1) is 21.5. The van der Waals surface area contributed by atoms with Crippen molar-refractivity contribution in [3.63, 3.8) is 0 Å². The Morgan fingerprint density at radius 3 is 2.32 bits per heavy atom. The molecule has 31 heavy (non-hydrogen) atoms. The van der Waals surface area contributed by atoms with Crippen molar-refractivity contribution in [1.82, 2.24) is 0 Å². The summed E-state index contributed by atoms with van der Waals surface area (Å²) in [7, 11) is 0. The molecule has 0 spiro atoms. The number of benzene rings is 2. The van der Waals surface area contributed by atoms with Crippen LogP contribution in [0.25, 0.3) is 0 Å². The highest BCUT2D eigenvalue weighted by Gasteiger charge is 2.50. The third-order valence-corrected chi connectivity index (χ3v) is 7.04. The van der Waals surface area contributed by atoms with Crippen molar-refractivity contribution in [3.8, 4) is 0 Å². The molecule has 4 rings (SSSR count). The number of carbonyl (C=O) groups is 2. The molecule has 2 aliphatic rings. The van der Waals surface area contributed by atoms with Crippen molar-refractivity contribution in [3.05, 3.63) is 65.0 Å². The van der Waals surface area contributed by atoms with Crippen molar-refractivity contribution in [2.75, 3.05) is 5.32 Å². The molecule has 0 bridgehead atoms. The molecule has 2 aromatic carbocycles. The Kier molecular flexibility index (Phi) is 6.12. The van der Waals surface area contributed by atoms with E-state index in [2.05, 4.69) is 24.4 Å². The molecule has 2 aromatic rings. The number of amides is 1. The topological polar surface area (TPSA) is 66.4 Å². The van der Waals surface area contributed by atoms with Crippen LogP contribution in [-0.4, -0.2) is 17.0 Å². The van der Waals surface area contributed by atoms with Gasteiger partial charge in [0, 0.05) is 0 Å². The maximum atomic E-state index is 14.5. The number of carboxylic acids is 1. The van der Waals surface area contributed by atoms with Crippen LogP contribution in [0.4, 0.5) is 10.1 Å². The summed E-state index contributed by atoms with van der Waals surface area (Å²) in [4.78, 5) is 24.9. The first-order chi connectivity index (χ1) is 14.9. The van der Waals surface area contributed by atoms with Gasteiger partial charge in [-0.15, -0.1) is 0 Å². The maximum absolute atomic E-state index is 14.5. The summed E-state index contributed by atoms with van der Waals surface area (Å²) in [5.74, 6) is -1.56. The predicted molar refractivity (Wildman–Crippen MR) is 119 cm³/mol. The van der Waals surface area contributed by atoms with Gasteiger partial charge in [-0.1, -0.05) is 50.1 Å². The highest BCUT2D eigenvalue weighted by Crippen LogP contribution is 2.49. The molecule has 1 atom stereocenters. The molecule has 2 saturated carbocycles. The summed E-state index contributed by atoms with van der Waals surface area (Å²) in [6.45, 7) is 2.10. The third-order valence-electron chi connectivity index (χ3n) is 7.04. The van der Waals surface area contributed by atoms with Gasteiger partial charge in [0.1, 0.15) is 5.82 Å². The van der Waals surface area contributed by atoms with Crippen molar-refractivity contribution in [2.45, 2.75) is 64.2 Å². The van der Waals surface area contributed by atoms with Gasteiger partial charge in [0.25, 0.3) is 0 Å². The first-order valence-electron chi connectivity index (χ1n) is 11.3. The lowest BCUT2D eigenvalue weighted by atomic mass is 9.83. The van der Waals surface area contributed by atoms with Crippen molar-refractivity contribution in [1.29, 1.82) is 0 Å². The molecule has 0 saturated heterocycles. The van der Waals surface area contributed by atoms with Gasteiger partial charge in [-0.2, -0.15) is 0 Å². The number of carboxylic acid groups (broad SMARTS) is 1. The summed E-state index contributed by atoms with van der Waals surface area (Å²) >= 11 is 0. The zero-order chi connectivity index (χ0) is 22.0. The van der Waals surface area contributed by atoms with Gasteiger partial charge in [0.2, 0.25) is 5.91 Å². The zero-order valence-electron chi connectivity index (χ0n) is 18.0. The number of halogens is 1. The monoisotopic (exact) mass is 423 g/mol. The number of carbonyl (C=O) groups excluding carboxylic acids is 1. The molecule has 0 aromatic heterocycles. The van der Waals surface area contributed by atoms with E-state index in [4.69, 9.17) is 0 Å². The minimum atomic E-state index is -0.806. The van der Waals surface area contributed by atoms with Gasteiger partial charge < -0.3 is 10.4 Å². The van der Waals surface area contributed by atoms with Crippen LogP contribution in [0.5, 0.6) is 0 Å². The van der Waals surface area contributed by atoms with Crippen LogP contribution in [-0.2, 0) is 22.4 Å². The number of aryl methyl sites for hydroxylation is 1. The standard InChI is InChI=1S/C26H30FNO3/c1-2-17-7-10-20(11-8-17)23(19-5-3-4-6-19)24(29)28-22-15-18(9-12-21(22)27)16-26(13-14-26)25(30)31/h7-12,15,19,23H,2-6,13-14,16H2,1H3,(H,28,29)(H,30,31)/t23-/m0/s1. The SMILES string of the molecule is CCc1ccc([C@@H](C(=O)Nc2cc(CC3(C(=O)O)CC3)ccc2F)C2CCCC2)cc1. The Bertz CT molecular complexity index is 959. The molecular weight excluding hydrogens is 393 g/mol. The van der Waals surface area contributed by atoms with Crippen molar-refractivity contribution < 1.29 is 19.1 Å². The fourth-order valence-corrected chi connectivity index (χ4v) is 4.89. The largest absolute Gasteiger partial charge is 0.481 e. The second kappa shape index (κ2) is 8.81. The fourth-order valence-electron chi connectivity index (χ4n) is 4.89. The van der Waals surface area contributed by atoms with Crippen molar-refractivity contribution in [2.24, 2.45) is 11.3 Å². The van der Waals surface area contributed by atoms with E-state index in [0.717, 1.165) is 43.2 Å². The lowest BCUT2D eigenvalue weighted by Gasteiger charge is -2.24. The number of hydrogen-bond acceptors (Lipinski definition) is 2. The lowest BCUT2D eigenvalue weighted by Crippen LogP contribution is -2.27. The summed E-state index contributed by atoms with van der Waals surface area (Å²) < 4.78 is 14.5. The van der Waals surface area contributed by atoms with Crippen LogP contribution in [0, 0.1) is 17.2 Å². The second-order valence-corrected chi connectivity index (χ2v) is 9.18. The van der Waals surface area contributed by atoms with Gasteiger partial charge in [0.05, 0.1) is 17.0 Å². The van der Waals surface area contributed by atoms with E-state index >= 15 is 0 Å². The molecule has 5 heteroatoms. The molecule has 0 radical (unpaired) electrons. The molecule has 2 N–H and O–H groups in total. The van der Waals surface area contributed by atoms with Crippen LogP contribution in [0.15, 0.2) is 42.5 Å². The quantitative estimate of drug-likeness (QED) is 0.572. The smallest absolute Gasteiger partial charge is 0.309 e. The van der Waals surface area contributed by atoms with E-state index in [-0.39, 0.29) is 23.4 Å². The number of hydrogen-bond donors (Lipinski definition) is 2. The molecule has 0 unspecified atom stereocenters. The van der Waals surface area contributed by atoms with Crippen LogP contribution in [0.1, 0.15) is 68.1 Å². The zero-order valence-corrected chi connectivity index (χ0v) is 18.0. The number of aliphatic carboxylic acids is 1. The molecule has 164 valence electrons. The first-order valence-corrected chi connectivity index (χ1v) is 11.3. The number of rotatable bonds is 8. The maximum Gasteiger partial charge on any atom is 0.309 e. The summed E-state index contributed by atoms with van der Waals surface area (Å²) in [6, 6.07) is 12.7. The number of nitrogens with one attached hydrogen (secondary N) is 1. The van der Waals surface area contributed by atoms with Crippen LogP contribution >= 0.6 is 0 Å². The van der Waals surface area contributed by atoms with Crippen LogP contribution < -0.4 is 5.32 Å². The summed E-state index contributed by atoms with van der Waals surface area (Å²) in [6.07, 6.45) is 6.80. The molecule has 0 aliphatic heterocycles. The summed E-state index contributed by atoms with van der Waals surface area (Å²) in [5.41, 5.74) is 2.34. The van der Waals surface area contributed by atoms with Crippen molar-refractivity contribution >= 4 is 17.6 Å². The van der Waals surface area contributed by atoms with Gasteiger partial charge in [0.15, 0.2) is 0 Å². The van der Waals surface area contributed by atoms with E-state index in [0.29, 0.717) is 19.3 Å². The number of anilines is 1. The minimum Gasteiger partial charge on any atom is -0.481 e. The average molecular weight is 424 g/mol. The molecule has 4 nitrogen and oxygen atoms in total. The molecule has 2 fully saturated rings. The van der Waals surface area contributed by atoms with E-state index in [1.807, 2.05) is 12.1 Å². The molecule has 2 aliphatic carbocycles. The Labute approximate surface area is 182 Å². The van der Waals surface area contributed by atoms with E-state index in [9.17, 15) is 19.1 Å². The highest BCUT2D eigenvalue weighted by atomic mass is 19.1. The van der Waals surface area contributed by atoms with Crippen LogP contribution in [0.3, 0.4) is 0 Å². The highest BCUT2D eigenvalue weighted by molar-refractivity contribution is 5.96. The normalized spacial score (nSPS) is 18.5. The average Bonchev–Trinajstić information content (AvgIpc) is 3.35. The Morgan fingerprint density at radius 2 is 1.74 bits per heavy atom. The Hall–Kier alpha value is -2.69. The fraction of sp³-hybridized carbons (Fsp3) is 0.462. The van der Waals surface area contributed by atoms with E-state index in [1.54, 1.807) is 12.1 Å².